The molecule has 1 heterocycles. The number of rotatable bonds is 9. The van der Waals surface area contributed by atoms with E-state index in [-0.39, 0.29) is 29.1 Å². The first-order valence-corrected chi connectivity index (χ1v) is 12.0. The van der Waals surface area contributed by atoms with Gasteiger partial charge in [-0.3, -0.25) is 25.1 Å². The van der Waals surface area contributed by atoms with Crippen molar-refractivity contribution in [1.82, 2.24) is 4.90 Å². The molecular formula is C25H27N3O9. The first kappa shape index (κ1) is 26.2. The number of ether oxygens (including phenoxy) is 3. The summed E-state index contributed by atoms with van der Waals surface area (Å²) in [6, 6.07) is 9.24. The van der Waals surface area contributed by atoms with Crippen LogP contribution in [0.3, 0.4) is 0 Å². The minimum atomic E-state index is -1.11. The van der Waals surface area contributed by atoms with Gasteiger partial charge in [0.15, 0.2) is 0 Å². The van der Waals surface area contributed by atoms with Crippen LogP contribution in [0.5, 0.6) is 0 Å². The number of hydrogen-bond donors (Lipinski definition) is 0. The van der Waals surface area contributed by atoms with Crippen molar-refractivity contribution in [2.24, 2.45) is 0 Å². The number of nitro benzene ring substituents is 2. The minimum Gasteiger partial charge on any atom is -0.461 e. The van der Waals surface area contributed by atoms with Crippen molar-refractivity contribution < 1.29 is 33.6 Å². The number of esters is 2. The molecule has 12 nitrogen and oxygen atoms in total. The van der Waals surface area contributed by atoms with Crippen molar-refractivity contribution in [3.8, 4) is 0 Å². The summed E-state index contributed by atoms with van der Waals surface area (Å²) in [4.78, 5) is 49.8. The molecule has 1 saturated heterocycles. The number of non-ortho nitro benzene ring substituents is 2. The Morgan fingerprint density at radius 2 is 1.59 bits per heavy atom. The fourth-order valence-corrected chi connectivity index (χ4v) is 4.69. The van der Waals surface area contributed by atoms with E-state index in [2.05, 4.69) is 4.90 Å². The lowest BCUT2D eigenvalue weighted by Crippen LogP contribution is -2.38. The largest absolute Gasteiger partial charge is 0.461 e. The molecule has 196 valence electrons. The Hall–Kier alpha value is -3.90. The summed E-state index contributed by atoms with van der Waals surface area (Å²) in [5.41, 5.74) is -1.55. The molecule has 0 unspecified atom stereocenters. The van der Waals surface area contributed by atoms with Gasteiger partial charge in [-0.1, -0.05) is 12.1 Å². The SMILES string of the molecule is O=C(OCCN1CCOCC1)c1cc([N+](=O)[O-])ccc1C(=O)OC1(c2cccc([N+](=O)[O-])c2)CCCC1. The highest BCUT2D eigenvalue weighted by Crippen LogP contribution is 2.43. The maximum atomic E-state index is 13.4. The maximum absolute atomic E-state index is 13.4. The molecule has 2 aromatic carbocycles. The molecule has 37 heavy (non-hydrogen) atoms. The lowest BCUT2D eigenvalue weighted by molar-refractivity contribution is -0.385. The van der Waals surface area contributed by atoms with E-state index >= 15 is 0 Å². The van der Waals surface area contributed by atoms with Crippen molar-refractivity contribution in [2.45, 2.75) is 31.3 Å². The van der Waals surface area contributed by atoms with Crippen LogP contribution in [0, 0.1) is 20.2 Å². The molecule has 2 aliphatic rings. The highest BCUT2D eigenvalue weighted by molar-refractivity contribution is 6.03. The van der Waals surface area contributed by atoms with Gasteiger partial charge in [-0.05, 0) is 31.7 Å². The Bertz CT molecular complexity index is 1190. The molecule has 4 rings (SSSR count). The molecule has 0 radical (unpaired) electrons. The number of morpholine rings is 1. The molecule has 0 N–H and O–H groups in total. The van der Waals surface area contributed by atoms with Crippen molar-refractivity contribution >= 4 is 23.3 Å². The van der Waals surface area contributed by atoms with Crippen LogP contribution in [0.2, 0.25) is 0 Å². The van der Waals surface area contributed by atoms with E-state index in [1.54, 1.807) is 6.07 Å². The van der Waals surface area contributed by atoms with Gasteiger partial charge in [0.1, 0.15) is 12.2 Å². The number of hydrogen-bond acceptors (Lipinski definition) is 10. The predicted octanol–water partition coefficient (Wildman–Crippen LogP) is 3.62. The van der Waals surface area contributed by atoms with Crippen LogP contribution >= 0.6 is 0 Å². The Morgan fingerprint density at radius 3 is 2.27 bits per heavy atom. The summed E-state index contributed by atoms with van der Waals surface area (Å²) < 4.78 is 16.6. The second-order valence-corrected chi connectivity index (χ2v) is 8.98. The number of carbonyl (C=O) groups is 2. The minimum absolute atomic E-state index is 0.0354. The molecule has 0 bridgehead atoms. The molecule has 2 aromatic rings. The molecule has 0 spiro atoms. The Labute approximate surface area is 212 Å². The lowest BCUT2D eigenvalue weighted by Gasteiger charge is -2.30. The normalized spacial score (nSPS) is 17.2. The van der Waals surface area contributed by atoms with E-state index in [1.807, 2.05) is 0 Å². The van der Waals surface area contributed by atoms with Crippen LogP contribution in [0.4, 0.5) is 11.4 Å². The van der Waals surface area contributed by atoms with Gasteiger partial charge in [0.05, 0.1) is 34.2 Å². The second-order valence-electron chi connectivity index (χ2n) is 8.98. The first-order valence-electron chi connectivity index (χ1n) is 12.0. The third-order valence-electron chi connectivity index (χ3n) is 6.68. The third-order valence-corrected chi connectivity index (χ3v) is 6.68. The van der Waals surface area contributed by atoms with E-state index in [1.165, 1.54) is 24.3 Å². The maximum Gasteiger partial charge on any atom is 0.339 e. The monoisotopic (exact) mass is 513 g/mol. The van der Waals surface area contributed by atoms with E-state index < -0.39 is 27.4 Å². The molecule has 1 aliphatic carbocycles. The fraction of sp³-hybridized carbons (Fsp3) is 0.440. The fourth-order valence-electron chi connectivity index (χ4n) is 4.69. The van der Waals surface area contributed by atoms with Gasteiger partial charge in [-0.2, -0.15) is 0 Å². The highest BCUT2D eigenvalue weighted by atomic mass is 16.6. The number of benzene rings is 2. The van der Waals surface area contributed by atoms with Gasteiger partial charge in [-0.15, -0.1) is 0 Å². The smallest absolute Gasteiger partial charge is 0.339 e. The quantitative estimate of drug-likeness (QED) is 0.276. The average molecular weight is 514 g/mol. The Kier molecular flexibility index (Phi) is 8.09. The van der Waals surface area contributed by atoms with Crippen LogP contribution in [-0.2, 0) is 19.8 Å². The van der Waals surface area contributed by atoms with E-state index in [9.17, 15) is 29.8 Å². The summed E-state index contributed by atoms with van der Waals surface area (Å²) in [5, 5.41) is 22.6. The summed E-state index contributed by atoms with van der Waals surface area (Å²) in [5.74, 6) is -1.73. The number of nitrogens with zero attached hydrogens (tertiary/aromatic N) is 3. The summed E-state index contributed by atoms with van der Waals surface area (Å²) in [6.45, 7) is 3.06. The van der Waals surface area contributed by atoms with Gasteiger partial charge in [0, 0.05) is 49.5 Å². The summed E-state index contributed by atoms with van der Waals surface area (Å²) in [7, 11) is 0. The van der Waals surface area contributed by atoms with E-state index in [0.29, 0.717) is 51.3 Å². The third kappa shape index (κ3) is 6.09. The molecule has 1 aliphatic heterocycles. The van der Waals surface area contributed by atoms with E-state index in [4.69, 9.17) is 14.2 Å². The number of nitro groups is 2. The molecule has 12 heteroatoms. The summed E-state index contributed by atoms with van der Waals surface area (Å²) in [6.07, 6.45) is 2.39. The highest BCUT2D eigenvalue weighted by Gasteiger charge is 2.41. The molecule has 0 aromatic heterocycles. The summed E-state index contributed by atoms with van der Waals surface area (Å²) >= 11 is 0. The zero-order valence-electron chi connectivity index (χ0n) is 20.1. The second kappa shape index (κ2) is 11.4. The van der Waals surface area contributed by atoms with E-state index in [0.717, 1.165) is 25.0 Å². The van der Waals surface area contributed by atoms with Gasteiger partial charge >= 0.3 is 11.9 Å². The Morgan fingerprint density at radius 1 is 0.919 bits per heavy atom. The van der Waals surface area contributed by atoms with Crippen molar-refractivity contribution in [3.63, 3.8) is 0 Å². The van der Waals surface area contributed by atoms with Crippen LogP contribution in [0.15, 0.2) is 42.5 Å². The van der Waals surface area contributed by atoms with Crippen molar-refractivity contribution in [2.75, 3.05) is 39.5 Å². The van der Waals surface area contributed by atoms with Crippen molar-refractivity contribution in [3.05, 3.63) is 79.4 Å². The van der Waals surface area contributed by atoms with Crippen LogP contribution in [0.25, 0.3) is 0 Å². The van der Waals surface area contributed by atoms with Crippen LogP contribution in [-0.4, -0.2) is 66.1 Å². The topological polar surface area (TPSA) is 151 Å². The first-order chi connectivity index (χ1) is 17.8. The predicted molar refractivity (Wildman–Crippen MR) is 129 cm³/mol. The lowest BCUT2D eigenvalue weighted by atomic mass is 9.91. The van der Waals surface area contributed by atoms with Gasteiger partial charge in [0.25, 0.3) is 11.4 Å². The molecule has 1 saturated carbocycles. The van der Waals surface area contributed by atoms with Gasteiger partial charge < -0.3 is 14.2 Å². The zero-order chi connectivity index (χ0) is 26.4. The number of carbonyl (C=O) groups excluding carboxylic acids is 2. The average Bonchev–Trinajstić information content (AvgIpc) is 3.38. The van der Waals surface area contributed by atoms with Gasteiger partial charge in [0.2, 0.25) is 0 Å². The van der Waals surface area contributed by atoms with Crippen LogP contribution < -0.4 is 0 Å². The standard InChI is InChI=1S/C25H27N3O9/c29-23(36-15-12-26-10-13-35-14-11-26)22-17-20(28(33)34)6-7-21(22)24(30)37-25(8-1-2-9-25)18-4-3-5-19(16-18)27(31)32/h3-7,16-17H,1-2,8-15H2. The molecule has 0 atom stereocenters. The molecular weight excluding hydrogens is 486 g/mol. The van der Waals surface area contributed by atoms with Crippen molar-refractivity contribution in [1.29, 1.82) is 0 Å². The molecule has 0 amide bonds. The molecule has 2 fully saturated rings. The Balaban J connectivity index is 1.57. The van der Waals surface area contributed by atoms with Gasteiger partial charge in [-0.25, -0.2) is 9.59 Å². The van der Waals surface area contributed by atoms with Crippen LogP contribution in [0.1, 0.15) is 52.0 Å². The zero-order valence-corrected chi connectivity index (χ0v) is 20.1.